The molecule has 1 N–H and O–H groups in total. The SMILES string of the molecule is CN(C(=O)CCSc1ccc(Br)cc1)C1CCNCC1. The molecule has 110 valence electrons. The van der Waals surface area contributed by atoms with Crippen LogP contribution in [-0.2, 0) is 4.79 Å². The largest absolute Gasteiger partial charge is 0.343 e. The van der Waals surface area contributed by atoms with Gasteiger partial charge in [0.25, 0.3) is 0 Å². The maximum atomic E-state index is 12.2. The summed E-state index contributed by atoms with van der Waals surface area (Å²) in [5.41, 5.74) is 0. The topological polar surface area (TPSA) is 32.3 Å². The van der Waals surface area contributed by atoms with E-state index in [2.05, 4.69) is 33.4 Å². The fraction of sp³-hybridized carbons (Fsp3) is 0.533. The maximum absolute atomic E-state index is 12.2. The van der Waals surface area contributed by atoms with E-state index < -0.39 is 0 Å². The summed E-state index contributed by atoms with van der Waals surface area (Å²) in [7, 11) is 1.95. The Bertz CT molecular complexity index is 432. The van der Waals surface area contributed by atoms with E-state index in [0.29, 0.717) is 12.5 Å². The molecule has 0 radical (unpaired) electrons. The lowest BCUT2D eigenvalue weighted by molar-refractivity contribution is -0.131. The lowest BCUT2D eigenvalue weighted by Gasteiger charge is -2.31. The number of benzene rings is 1. The van der Waals surface area contributed by atoms with Crippen LogP contribution in [-0.4, -0.2) is 42.7 Å². The van der Waals surface area contributed by atoms with E-state index in [1.165, 1.54) is 4.90 Å². The second kappa shape index (κ2) is 8.05. The van der Waals surface area contributed by atoms with Crippen LogP contribution in [0.1, 0.15) is 19.3 Å². The normalized spacial score (nSPS) is 16.1. The number of amides is 1. The minimum atomic E-state index is 0.265. The Morgan fingerprint density at radius 1 is 1.35 bits per heavy atom. The number of piperidine rings is 1. The number of rotatable bonds is 5. The quantitative estimate of drug-likeness (QED) is 0.822. The maximum Gasteiger partial charge on any atom is 0.223 e. The summed E-state index contributed by atoms with van der Waals surface area (Å²) in [4.78, 5) is 15.3. The van der Waals surface area contributed by atoms with Crippen LogP contribution in [0.3, 0.4) is 0 Å². The molecule has 1 aliphatic rings. The summed E-state index contributed by atoms with van der Waals surface area (Å²) in [5.74, 6) is 1.11. The molecular formula is C15H21BrN2OS. The molecule has 0 saturated carbocycles. The number of halogens is 1. The van der Waals surface area contributed by atoms with E-state index in [9.17, 15) is 4.79 Å². The van der Waals surface area contributed by atoms with Gasteiger partial charge < -0.3 is 10.2 Å². The Kier molecular flexibility index (Phi) is 6.39. The van der Waals surface area contributed by atoms with Crippen LogP contribution < -0.4 is 5.32 Å². The first kappa shape index (κ1) is 15.9. The highest BCUT2D eigenvalue weighted by atomic mass is 79.9. The van der Waals surface area contributed by atoms with Crippen molar-refractivity contribution in [3.8, 4) is 0 Å². The Morgan fingerprint density at radius 3 is 2.65 bits per heavy atom. The minimum absolute atomic E-state index is 0.265. The molecule has 1 amide bonds. The molecule has 0 atom stereocenters. The van der Waals surface area contributed by atoms with E-state index in [4.69, 9.17) is 0 Å². The van der Waals surface area contributed by atoms with Gasteiger partial charge in [0.2, 0.25) is 5.91 Å². The summed E-state index contributed by atoms with van der Waals surface area (Å²) in [6, 6.07) is 8.64. The number of nitrogens with zero attached hydrogens (tertiary/aromatic N) is 1. The van der Waals surface area contributed by atoms with E-state index in [-0.39, 0.29) is 5.91 Å². The van der Waals surface area contributed by atoms with Crippen molar-refractivity contribution in [1.29, 1.82) is 0 Å². The molecule has 0 aromatic heterocycles. The molecule has 1 fully saturated rings. The number of nitrogens with one attached hydrogen (secondary N) is 1. The Hall–Kier alpha value is -0.520. The molecule has 0 unspecified atom stereocenters. The van der Waals surface area contributed by atoms with E-state index in [0.717, 1.165) is 36.2 Å². The highest BCUT2D eigenvalue weighted by molar-refractivity contribution is 9.10. The summed E-state index contributed by atoms with van der Waals surface area (Å²) in [6.45, 7) is 2.05. The van der Waals surface area contributed by atoms with E-state index in [1.54, 1.807) is 11.8 Å². The fourth-order valence-corrected chi connectivity index (χ4v) is 3.47. The number of carbonyl (C=O) groups excluding carboxylic acids is 1. The third-order valence-corrected chi connectivity index (χ3v) is 5.19. The third-order valence-electron chi connectivity index (χ3n) is 3.65. The van der Waals surface area contributed by atoms with Crippen LogP contribution in [0.4, 0.5) is 0 Å². The zero-order valence-corrected chi connectivity index (χ0v) is 14.2. The highest BCUT2D eigenvalue weighted by Crippen LogP contribution is 2.21. The van der Waals surface area contributed by atoms with Crippen molar-refractivity contribution >= 4 is 33.6 Å². The van der Waals surface area contributed by atoms with Crippen LogP contribution >= 0.6 is 27.7 Å². The monoisotopic (exact) mass is 356 g/mol. The zero-order valence-electron chi connectivity index (χ0n) is 11.8. The predicted molar refractivity (Wildman–Crippen MR) is 88.1 cm³/mol. The molecule has 1 aromatic rings. The summed E-state index contributed by atoms with van der Waals surface area (Å²) < 4.78 is 1.09. The average Bonchev–Trinajstić information content (AvgIpc) is 2.49. The average molecular weight is 357 g/mol. The zero-order chi connectivity index (χ0) is 14.4. The van der Waals surface area contributed by atoms with Gasteiger partial charge in [-0.3, -0.25) is 4.79 Å². The van der Waals surface area contributed by atoms with Gasteiger partial charge in [-0.2, -0.15) is 0 Å². The standard InChI is InChI=1S/C15H21BrN2OS/c1-18(13-6-9-17-10-7-13)15(19)8-11-20-14-4-2-12(16)3-5-14/h2-5,13,17H,6-11H2,1H3. The number of hydrogen-bond donors (Lipinski definition) is 1. The third kappa shape index (κ3) is 4.79. The molecular weight excluding hydrogens is 336 g/mol. The van der Waals surface area contributed by atoms with E-state index >= 15 is 0 Å². The summed E-state index contributed by atoms with van der Waals surface area (Å²) in [5, 5.41) is 3.33. The summed E-state index contributed by atoms with van der Waals surface area (Å²) in [6.07, 6.45) is 2.76. The first-order chi connectivity index (χ1) is 9.66. The van der Waals surface area contributed by atoms with Gasteiger partial charge in [0, 0.05) is 34.6 Å². The van der Waals surface area contributed by atoms with Crippen LogP contribution in [0.15, 0.2) is 33.6 Å². The van der Waals surface area contributed by atoms with Gasteiger partial charge in [0.15, 0.2) is 0 Å². The first-order valence-corrected chi connectivity index (χ1v) is 8.79. The van der Waals surface area contributed by atoms with Crippen LogP contribution in [0.5, 0.6) is 0 Å². The lowest BCUT2D eigenvalue weighted by atomic mass is 10.1. The smallest absolute Gasteiger partial charge is 0.223 e. The van der Waals surface area contributed by atoms with Gasteiger partial charge in [-0.25, -0.2) is 0 Å². The molecule has 5 heteroatoms. The van der Waals surface area contributed by atoms with Gasteiger partial charge in [0.1, 0.15) is 0 Å². The van der Waals surface area contributed by atoms with Crippen molar-refractivity contribution in [3.63, 3.8) is 0 Å². The molecule has 0 aliphatic carbocycles. The van der Waals surface area contributed by atoms with Crippen molar-refractivity contribution in [1.82, 2.24) is 10.2 Å². The van der Waals surface area contributed by atoms with Crippen LogP contribution in [0.25, 0.3) is 0 Å². The lowest BCUT2D eigenvalue weighted by Crippen LogP contribution is -2.44. The van der Waals surface area contributed by atoms with Crippen LogP contribution in [0.2, 0.25) is 0 Å². The van der Waals surface area contributed by atoms with Crippen LogP contribution in [0, 0.1) is 0 Å². The molecule has 1 heterocycles. The molecule has 0 bridgehead atoms. The fourth-order valence-electron chi connectivity index (χ4n) is 2.36. The van der Waals surface area contributed by atoms with Crippen molar-refractivity contribution in [2.24, 2.45) is 0 Å². The molecule has 1 aromatic carbocycles. The van der Waals surface area contributed by atoms with Crippen molar-refractivity contribution < 1.29 is 4.79 Å². The predicted octanol–water partition coefficient (Wildman–Crippen LogP) is 3.14. The summed E-state index contributed by atoms with van der Waals surface area (Å²) >= 11 is 5.17. The number of carbonyl (C=O) groups is 1. The first-order valence-electron chi connectivity index (χ1n) is 7.01. The molecule has 1 aliphatic heterocycles. The van der Waals surface area contributed by atoms with Gasteiger partial charge in [-0.15, -0.1) is 11.8 Å². The minimum Gasteiger partial charge on any atom is -0.343 e. The van der Waals surface area contributed by atoms with Gasteiger partial charge >= 0.3 is 0 Å². The molecule has 1 saturated heterocycles. The molecule has 2 rings (SSSR count). The van der Waals surface area contributed by atoms with Crippen molar-refractivity contribution in [2.45, 2.75) is 30.2 Å². The Balaban J connectivity index is 1.72. The van der Waals surface area contributed by atoms with Crippen molar-refractivity contribution in [3.05, 3.63) is 28.7 Å². The van der Waals surface area contributed by atoms with Crippen molar-refractivity contribution in [2.75, 3.05) is 25.9 Å². The number of thioether (sulfide) groups is 1. The number of hydrogen-bond acceptors (Lipinski definition) is 3. The highest BCUT2D eigenvalue weighted by Gasteiger charge is 2.21. The van der Waals surface area contributed by atoms with Gasteiger partial charge in [-0.05, 0) is 50.2 Å². The second-order valence-electron chi connectivity index (χ2n) is 5.04. The van der Waals surface area contributed by atoms with Gasteiger partial charge in [-0.1, -0.05) is 15.9 Å². The Labute approximate surface area is 133 Å². The molecule has 3 nitrogen and oxygen atoms in total. The molecule has 0 spiro atoms. The molecule has 20 heavy (non-hydrogen) atoms. The van der Waals surface area contributed by atoms with E-state index in [1.807, 2.05) is 24.1 Å². The second-order valence-corrected chi connectivity index (χ2v) is 7.12. The Morgan fingerprint density at radius 2 is 2.00 bits per heavy atom. The van der Waals surface area contributed by atoms with Gasteiger partial charge in [0.05, 0.1) is 0 Å².